The number of piperidine rings is 1. The number of carbonyl (C=O) groups excluding carboxylic acids is 3. The van der Waals surface area contributed by atoms with E-state index in [0.29, 0.717) is 24.4 Å². The number of benzene rings is 1. The van der Waals surface area contributed by atoms with Crippen molar-refractivity contribution < 1.29 is 19.1 Å². The first-order valence-electron chi connectivity index (χ1n) is 14.7. The quantitative estimate of drug-likeness (QED) is 0.372. The zero-order chi connectivity index (χ0) is 30.3. The molecule has 1 saturated carbocycles. The number of rotatable bonds is 9. The summed E-state index contributed by atoms with van der Waals surface area (Å²) in [6.45, 7) is 9.41. The third kappa shape index (κ3) is 14.7. The highest BCUT2D eigenvalue weighted by Crippen LogP contribution is 2.21. The second kappa shape index (κ2) is 22.3. The number of hydrogen-bond donors (Lipinski definition) is 3. The summed E-state index contributed by atoms with van der Waals surface area (Å²) < 4.78 is 4.72. The van der Waals surface area contributed by atoms with Crippen molar-refractivity contribution in [1.82, 2.24) is 20.6 Å². The second-order valence-corrected chi connectivity index (χ2v) is 9.77. The van der Waals surface area contributed by atoms with E-state index >= 15 is 0 Å². The van der Waals surface area contributed by atoms with E-state index in [-0.39, 0.29) is 11.8 Å². The van der Waals surface area contributed by atoms with Gasteiger partial charge < -0.3 is 30.4 Å². The third-order valence-corrected chi connectivity index (χ3v) is 6.50. The number of methoxy groups -OCH3 is 1. The van der Waals surface area contributed by atoms with Gasteiger partial charge in [-0.3, -0.25) is 9.59 Å². The van der Waals surface area contributed by atoms with Crippen LogP contribution in [0.4, 0.5) is 11.5 Å². The van der Waals surface area contributed by atoms with Crippen LogP contribution in [0.3, 0.4) is 0 Å². The fourth-order valence-electron chi connectivity index (χ4n) is 4.40. The maximum atomic E-state index is 12.4. The fraction of sp³-hybridized carbons (Fsp3) is 0.581. The molecule has 2 fully saturated rings. The van der Waals surface area contributed by atoms with Crippen molar-refractivity contribution in [2.75, 3.05) is 50.6 Å². The number of likely N-dealkylation sites (N-methyl/N-ethyl adjacent to an activating group) is 1. The predicted octanol–water partition coefficient (Wildman–Crippen LogP) is 4.67. The molecule has 1 aliphatic carbocycles. The van der Waals surface area contributed by atoms with Gasteiger partial charge in [-0.2, -0.15) is 0 Å². The van der Waals surface area contributed by atoms with Crippen LogP contribution in [0.5, 0.6) is 0 Å². The van der Waals surface area contributed by atoms with Gasteiger partial charge in [0.15, 0.2) is 0 Å². The Morgan fingerprint density at radius 1 is 1.00 bits per heavy atom. The molecule has 2 amide bonds. The van der Waals surface area contributed by atoms with E-state index in [1.54, 1.807) is 24.1 Å². The van der Waals surface area contributed by atoms with Crippen LogP contribution < -0.4 is 20.9 Å². The van der Waals surface area contributed by atoms with Gasteiger partial charge in [0.1, 0.15) is 18.4 Å². The van der Waals surface area contributed by atoms with Crippen LogP contribution in [-0.2, 0) is 20.9 Å². The van der Waals surface area contributed by atoms with Crippen molar-refractivity contribution in [3.63, 3.8) is 0 Å². The van der Waals surface area contributed by atoms with Crippen molar-refractivity contribution in [2.45, 2.75) is 78.2 Å². The van der Waals surface area contributed by atoms with Crippen LogP contribution in [0.15, 0.2) is 30.3 Å². The van der Waals surface area contributed by atoms with Gasteiger partial charge in [-0.15, -0.1) is 0 Å². The molecule has 41 heavy (non-hydrogen) atoms. The molecule has 2 aliphatic rings. The van der Waals surface area contributed by atoms with Crippen LogP contribution >= 0.6 is 0 Å². The number of aryl methyl sites for hydroxylation is 1. The van der Waals surface area contributed by atoms with E-state index in [1.165, 1.54) is 38.5 Å². The van der Waals surface area contributed by atoms with Crippen molar-refractivity contribution in [3.8, 4) is 0 Å². The standard InChI is InChI=1S/C20H25N5O2.C6H12.C4H11NO.CH2O/c1-3-21-18-12-16(23-14(2)24-18)13-22-20(27)15-7-9-17(10-8-15)25-11-5-4-6-19(25)26;1-2-4-6-5-3-1;1-5-3-4-6-2;1-2/h7-10,12H,3-6,11,13H2,1-2H3,(H,22,27)(H,21,23,24);1-6H2;5H,3-4H2,1-2H3;1H2. The third-order valence-electron chi connectivity index (χ3n) is 6.50. The number of amides is 2. The molecule has 0 unspecified atom stereocenters. The summed E-state index contributed by atoms with van der Waals surface area (Å²) in [6.07, 6.45) is 11.6. The number of ether oxygens (including phenoxy) is 1. The lowest BCUT2D eigenvalue weighted by atomic mass is 10.0. The smallest absolute Gasteiger partial charge is 0.251 e. The molecule has 3 N–H and O–H groups in total. The molecular weight excluding hydrogens is 520 g/mol. The first-order valence-corrected chi connectivity index (χ1v) is 14.7. The summed E-state index contributed by atoms with van der Waals surface area (Å²) in [7, 11) is 3.59. The summed E-state index contributed by atoms with van der Waals surface area (Å²) in [4.78, 5) is 42.9. The Bertz CT molecular complexity index is 983. The molecule has 1 aromatic heterocycles. The number of nitrogens with zero attached hydrogens (tertiary/aromatic N) is 3. The molecule has 0 bridgehead atoms. The lowest BCUT2D eigenvalue weighted by molar-refractivity contribution is -0.119. The number of hydrogen-bond acceptors (Lipinski definition) is 8. The van der Waals surface area contributed by atoms with E-state index in [4.69, 9.17) is 9.53 Å². The normalized spacial score (nSPS) is 14.2. The number of aromatic nitrogens is 2. The lowest BCUT2D eigenvalue weighted by Crippen LogP contribution is -2.35. The van der Waals surface area contributed by atoms with Crippen molar-refractivity contribution in [2.24, 2.45) is 0 Å². The highest BCUT2D eigenvalue weighted by Gasteiger charge is 2.19. The summed E-state index contributed by atoms with van der Waals surface area (Å²) in [6, 6.07) is 9.00. The minimum Gasteiger partial charge on any atom is -0.383 e. The van der Waals surface area contributed by atoms with E-state index in [0.717, 1.165) is 56.3 Å². The molecule has 0 radical (unpaired) electrons. The molecule has 2 aromatic rings. The topological polar surface area (TPSA) is 126 Å². The van der Waals surface area contributed by atoms with Gasteiger partial charge in [0.2, 0.25) is 5.91 Å². The van der Waals surface area contributed by atoms with Crippen LogP contribution in [-0.4, -0.2) is 69.0 Å². The van der Waals surface area contributed by atoms with Crippen molar-refractivity contribution in [3.05, 3.63) is 47.4 Å². The molecule has 228 valence electrons. The average Bonchev–Trinajstić information content (AvgIpc) is 3.01. The monoisotopic (exact) mass is 570 g/mol. The Hall–Kier alpha value is -3.37. The van der Waals surface area contributed by atoms with Crippen LogP contribution in [0.25, 0.3) is 0 Å². The Morgan fingerprint density at radius 3 is 2.15 bits per heavy atom. The van der Waals surface area contributed by atoms with Crippen LogP contribution in [0.2, 0.25) is 0 Å². The van der Waals surface area contributed by atoms with E-state index in [1.807, 2.05) is 45.9 Å². The molecule has 1 saturated heterocycles. The highest BCUT2D eigenvalue weighted by molar-refractivity contribution is 5.96. The van der Waals surface area contributed by atoms with Gasteiger partial charge in [-0.1, -0.05) is 38.5 Å². The molecule has 1 aromatic carbocycles. The first-order chi connectivity index (χ1) is 20.0. The Labute approximate surface area is 246 Å². The zero-order valence-corrected chi connectivity index (χ0v) is 25.5. The Balaban J connectivity index is 0.000000494. The van der Waals surface area contributed by atoms with Crippen molar-refractivity contribution in [1.29, 1.82) is 0 Å². The minimum absolute atomic E-state index is 0.147. The molecule has 10 heteroatoms. The summed E-state index contributed by atoms with van der Waals surface area (Å²) in [5.41, 5.74) is 2.15. The van der Waals surface area contributed by atoms with Crippen molar-refractivity contribution >= 4 is 30.1 Å². The molecular formula is C31H50N6O4. The highest BCUT2D eigenvalue weighted by atomic mass is 16.5. The van der Waals surface area contributed by atoms with Gasteiger partial charge >= 0.3 is 0 Å². The zero-order valence-electron chi connectivity index (χ0n) is 25.5. The minimum atomic E-state index is -0.173. The molecule has 2 heterocycles. The molecule has 10 nitrogen and oxygen atoms in total. The van der Waals surface area contributed by atoms with Crippen LogP contribution in [0.1, 0.15) is 86.6 Å². The maximum Gasteiger partial charge on any atom is 0.251 e. The number of nitrogens with one attached hydrogen (secondary N) is 3. The van der Waals surface area contributed by atoms with Gasteiger partial charge in [0.05, 0.1) is 18.8 Å². The van der Waals surface area contributed by atoms with Crippen LogP contribution in [0, 0.1) is 6.92 Å². The molecule has 0 spiro atoms. The van der Waals surface area contributed by atoms with E-state index < -0.39 is 0 Å². The molecule has 1 aliphatic heterocycles. The van der Waals surface area contributed by atoms with Gasteiger partial charge in [-0.05, 0) is 58.0 Å². The van der Waals surface area contributed by atoms with E-state index in [9.17, 15) is 9.59 Å². The summed E-state index contributed by atoms with van der Waals surface area (Å²) >= 11 is 0. The van der Waals surface area contributed by atoms with E-state index in [2.05, 4.69) is 25.9 Å². The average molecular weight is 571 g/mol. The fourth-order valence-corrected chi connectivity index (χ4v) is 4.40. The Morgan fingerprint density at radius 2 is 1.63 bits per heavy atom. The molecule has 4 rings (SSSR count). The Kier molecular flexibility index (Phi) is 19.4. The van der Waals surface area contributed by atoms with Gasteiger partial charge in [0, 0.05) is 50.5 Å². The SMILES string of the molecule is C1CCCCC1.C=O.CCNc1cc(CNC(=O)c2ccc(N3CCCCC3=O)cc2)nc(C)n1.CNCCOC. The maximum absolute atomic E-state index is 12.4. The molecule has 0 atom stereocenters. The predicted molar refractivity (Wildman–Crippen MR) is 165 cm³/mol. The van der Waals surface area contributed by atoms with Gasteiger partial charge in [-0.25, -0.2) is 9.97 Å². The summed E-state index contributed by atoms with van der Waals surface area (Å²) in [5, 5.41) is 8.98. The first kappa shape index (κ1) is 35.7. The number of anilines is 2. The summed E-state index contributed by atoms with van der Waals surface area (Å²) in [5.74, 6) is 1.39. The lowest BCUT2D eigenvalue weighted by Gasteiger charge is -2.26. The van der Waals surface area contributed by atoms with Gasteiger partial charge in [0.25, 0.3) is 5.91 Å². The number of carbonyl (C=O) groups is 3. The second-order valence-electron chi connectivity index (χ2n) is 9.77. The largest absolute Gasteiger partial charge is 0.383 e.